The fraction of sp³-hybridized carbons (Fsp3) is 0.500. The van der Waals surface area contributed by atoms with Crippen LogP contribution in [0, 0.1) is 0 Å². The summed E-state index contributed by atoms with van der Waals surface area (Å²) in [5.74, 6) is 0.00766. The van der Waals surface area contributed by atoms with Crippen molar-refractivity contribution in [1.82, 2.24) is 10.3 Å². The Morgan fingerprint density at radius 1 is 1.11 bits per heavy atom. The summed E-state index contributed by atoms with van der Waals surface area (Å²) in [6, 6.07) is 7.50. The number of nitrogens with zero attached hydrogens (tertiary/aromatic N) is 1. The largest absolute Gasteiger partial charge is 0.343 e. The average Bonchev–Trinajstić information content (AvgIpc) is 3.14. The van der Waals surface area contributed by atoms with Crippen molar-refractivity contribution in [3.05, 3.63) is 46.5 Å². The number of anilines is 1. The highest BCUT2D eigenvalue weighted by Gasteiger charge is 2.19. The van der Waals surface area contributed by atoms with Crippen LogP contribution in [0.15, 0.2) is 29.6 Å². The van der Waals surface area contributed by atoms with Gasteiger partial charge in [0, 0.05) is 16.9 Å². The van der Waals surface area contributed by atoms with E-state index in [0.717, 1.165) is 5.69 Å². The highest BCUT2D eigenvalue weighted by molar-refractivity contribution is 7.13. The molecule has 28 heavy (non-hydrogen) atoms. The van der Waals surface area contributed by atoms with Gasteiger partial charge in [0.2, 0.25) is 5.91 Å². The van der Waals surface area contributed by atoms with Gasteiger partial charge < -0.3 is 10.6 Å². The van der Waals surface area contributed by atoms with Gasteiger partial charge in [-0.1, -0.05) is 52.2 Å². The van der Waals surface area contributed by atoms with Gasteiger partial charge in [-0.25, -0.2) is 4.98 Å². The maximum Gasteiger partial charge on any atom is 0.251 e. The monoisotopic (exact) mass is 399 g/mol. The number of aromatic nitrogens is 1. The maximum absolute atomic E-state index is 12.3. The summed E-state index contributed by atoms with van der Waals surface area (Å²) in [6.45, 7) is 6.32. The average molecular weight is 400 g/mol. The smallest absolute Gasteiger partial charge is 0.251 e. The zero-order valence-electron chi connectivity index (χ0n) is 16.9. The van der Waals surface area contributed by atoms with Crippen molar-refractivity contribution >= 4 is 28.3 Å². The van der Waals surface area contributed by atoms with Crippen molar-refractivity contribution in [3.8, 4) is 0 Å². The van der Waals surface area contributed by atoms with Crippen LogP contribution < -0.4 is 10.6 Å². The molecule has 0 radical (unpaired) electrons. The molecule has 6 heteroatoms. The summed E-state index contributed by atoms with van der Waals surface area (Å²) in [5.41, 5.74) is 2.84. The van der Waals surface area contributed by atoms with Crippen LogP contribution in [0.4, 0.5) is 5.13 Å². The van der Waals surface area contributed by atoms with Crippen molar-refractivity contribution in [2.24, 2.45) is 0 Å². The fourth-order valence-electron chi connectivity index (χ4n) is 3.48. The molecule has 5 nitrogen and oxygen atoms in total. The van der Waals surface area contributed by atoms with Crippen molar-refractivity contribution in [2.75, 3.05) is 11.9 Å². The molecule has 0 unspecified atom stereocenters. The lowest BCUT2D eigenvalue weighted by molar-refractivity contribution is -0.115. The van der Waals surface area contributed by atoms with Crippen LogP contribution in [0.5, 0.6) is 0 Å². The molecule has 150 valence electrons. The first-order chi connectivity index (χ1) is 13.3. The standard InChI is InChI=1S/C22H29N3O2S/c1-22(2,3)17-11-9-16(10-12-17)20(27)23-13-19(26)25-21-24-18(14-28-21)15-7-5-4-6-8-15/h9-12,14-15H,4-8,13H2,1-3H3,(H,23,27)(H,24,25,26). The first kappa shape index (κ1) is 20.5. The van der Waals surface area contributed by atoms with E-state index in [0.29, 0.717) is 16.6 Å². The van der Waals surface area contributed by atoms with Gasteiger partial charge in [0.25, 0.3) is 5.91 Å². The highest BCUT2D eigenvalue weighted by Crippen LogP contribution is 2.34. The number of nitrogens with one attached hydrogen (secondary N) is 2. The molecule has 0 saturated heterocycles. The van der Waals surface area contributed by atoms with E-state index in [4.69, 9.17) is 0 Å². The van der Waals surface area contributed by atoms with E-state index < -0.39 is 0 Å². The van der Waals surface area contributed by atoms with Gasteiger partial charge >= 0.3 is 0 Å². The molecular formula is C22H29N3O2S. The lowest BCUT2D eigenvalue weighted by Crippen LogP contribution is -2.32. The molecule has 1 aromatic heterocycles. The van der Waals surface area contributed by atoms with Crippen LogP contribution in [0.25, 0.3) is 0 Å². The molecular weight excluding hydrogens is 370 g/mol. The van der Waals surface area contributed by atoms with Crippen LogP contribution in [-0.4, -0.2) is 23.3 Å². The van der Waals surface area contributed by atoms with Crippen LogP contribution in [-0.2, 0) is 10.2 Å². The SMILES string of the molecule is CC(C)(C)c1ccc(C(=O)NCC(=O)Nc2nc(C3CCCCC3)cs2)cc1. The van der Waals surface area contributed by atoms with Gasteiger partial charge in [0.1, 0.15) is 0 Å². The maximum atomic E-state index is 12.3. The molecule has 3 rings (SSSR count). The Hall–Kier alpha value is -2.21. The van der Waals surface area contributed by atoms with E-state index in [9.17, 15) is 9.59 Å². The predicted molar refractivity (Wildman–Crippen MR) is 114 cm³/mol. The summed E-state index contributed by atoms with van der Waals surface area (Å²) in [4.78, 5) is 29.0. The van der Waals surface area contributed by atoms with E-state index in [-0.39, 0.29) is 23.8 Å². The Balaban J connectivity index is 1.48. The Kier molecular flexibility index (Phi) is 6.50. The summed E-state index contributed by atoms with van der Waals surface area (Å²) in [5, 5.41) is 8.11. The second-order valence-electron chi connectivity index (χ2n) is 8.47. The van der Waals surface area contributed by atoms with E-state index in [2.05, 4.69) is 36.4 Å². The fourth-order valence-corrected chi connectivity index (χ4v) is 4.29. The Morgan fingerprint density at radius 3 is 2.43 bits per heavy atom. The number of amides is 2. The normalized spacial score (nSPS) is 15.2. The minimum Gasteiger partial charge on any atom is -0.343 e. The summed E-state index contributed by atoms with van der Waals surface area (Å²) < 4.78 is 0. The molecule has 1 heterocycles. The molecule has 1 fully saturated rings. The summed E-state index contributed by atoms with van der Waals surface area (Å²) >= 11 is 1.45. The van der Waals surface area contributed by atoms with Gasteiger partial charge in [-0.05, 0) is 36.0 Å². The highest BCUT2D eigenvalue weighted by atomic mass is 32.1. The number of hydrogen-bond donors (Lipinski definition) is 2. The third-order valence-electron chi connectivity index (χ3n) is 5.21. The Bertz CT molecular complexity index is 815. The number of carbonyl (C=O) groups excluding carboxylic acids is 2. The van der Waals surface area contributed by atoms with Gasteiger partial charge in [-0.2, -0.15) is 0 Å². The van der Waals surface area contributed by atoms with E-state index >= 15 is 0 Å². The molecule has 1 aliphatic rings. The minimum absolute atomic E-state index is 0.0408. The molecule has 2 amide bonds. The van der Waals surface area contributed by atoms with Gasteiger partial charge in [0.15, 0.2) is 5.13 Å². The van der Waals surface area contributed by atoms with Crippen LogP contribution in [0.1, 0.15) is 80.4 Å². The topological polar surface area (TPSA) is 71.1 Å². The molecule has 0 atom stereocenters. The first-order valence-electron chi connectivity index (χ1n) is 9.97. The lowest BCUT2D eigenvalue weighted by Gasteiger charge is -2.19. The second-order valence-corrected chi connectivity index (χ2v) is 9.33. The van der Waals surface area contributed by atoms with E-state index in [1.54, 1.807) is 12.1 Å². The molecule has 0 spiro atoms. The Labute approximate surface area is 171 Å². The molecule has 1 aromatic carbocycles. The first-order valence-corrected chi connectivity index (χ1v) is 10.8. The molecule has 1 aliphatic carbocycles. The van der Waals surface area contributed by atoms with Gasteiger partial charge in [-0.3, -0.25) is 9.59 Å². The molecule has 0 aliphatic heterocycles. The number of benzene rings is 1. The molecule has 1 saturated carbocycles. The van der Waals surface area contributed by atoms with Crippen molar-refractivity contribution in [1.29, 1.82) is 0 Å². The zero-order chi connectivity index (χ0) is 20.1. The van der Waals surface area contributed by atoms with Crippen molar-refractivity contribution in [2.45, 2.75) is 64.2 Å². The number of carbonyl (C=O) groups is 2. The minimum atomic E-state index is -0.260. The zero-order valence-corrected chi connectivity index (χ0v) is 17.7. The number of hydrogen-bond acceptors (Lipinski definition) is 4. The molecule has 2 N–H and O–H groups in total. The Morgan fingerprint density at radius 2 is 1.79 bits per heavy atom. The predicted octanol–water partition coefficient (Wildman–Crippen LogP) is 4.86. The summed E-state index contributed by atoms with van der Waals surface area (Å²) in [7, 11) is 0. The number of rotatable bonds is 5. The van der Waals surface area contributed by atoms with Crippen LogP contribution in [0.2, 0.25) is 0 Å². The quantitative estimate of drug-likeness (QED) is 0.754. The van der Waals surface area contributed by atoms with E-state index in [1.165, 1.54) is 49.0 Å². The summed E-state index contributed by atoms with van der Waals surface area (Å²) in [6.07, 6.45) is 6.19. The molecule has 2 aromatic rings. The third-order valence-corrected chi connectivity index (χ3v) is 5.99. The third kappa shape index (κ3) is 5.41. The van der Waals surface area contributed by atoms with Gasteiger partial charge in [0.05, 0.1) is 12.2 Å². The lowest BCUT2D eigenvalue weighted by atomic mass is 9.87. The van der Waals surface area contributed by atoms with Crippen molar-refractivity contribution < 1.29 is 9.59 Å². The van der Waals surface area contributed by atoms with Crippen molar-refractivity contribution in [3.63, 3.8) is 0 Å². The van der Waals surface area contributed by atoms with E-state index in [1.807, 2.05) is 17.5 Å². The molecule has 0 bridgehead atoms. The van der Waals surface area contributed by atoms with Crippen LogP contribution >= 0.6 is 11.3 Å². The van der Waals surface area contributed by atoms with Crippen LogP contribution in [0.3, 0.4) is 0 Å². The number of thiazole rings is 1. The second kappa shape index (κ2) is 8.86. The van der Waals surface area contributed by atoms with Gasteiger partial charge in [-0.15, -0.1) is 11.3 Å².